The average Bonchev–Trinajstić information content (AvgIpc) is 2.64. The van der Waals surface area contributed by atoms with Crippen molar-refractivity contribution < 1.29 is 9.90 Å². The number of rotatable bonds is 4. The normalized spacial score (nSPS) is 23.1. The minimum atomic E-state index is -0.922. The van der Waals surface area contributed by atoms with Crippen molar-refractivity contribution in [2.45, 2.75) is 12.0 Å². The van der Waals surface area contributed by atoms with Crippen LogP contribution in [-0.4, -0.2) is 54.7 Å². The molecule has 5 heteroatoms. The summed E-state index contributed by atoms with van der Waals surface area (Å²) in [5.41, 5.74) is 0.787. The van der Waals surface area contributed by atoms with Gasteiger partial charge in [0, 0.05) is 31.2 Å². The molecule has 1 aliphatic heterocycles. The molecule has 2 atom stereocenters. The zero-order valence-corrected chi connectivity index (χ0v) is 15.4. The molecular weight excluding hydrogens is 326 g/mol. The Kier molecular flexibility index (Phi) is 5.59. The van der Waals surface area contributed by atoms with E-state index in [1.54, 1.807) is 4.90 Å². The van der Waals surface area contributed by atoms with Crippen molar-refractivity contribution >= 4 is 11.7 Å². The second kappa shape index (κ2) is 7.89. The third-order valence-electron chi connectivity index (χ3n) is 5.05. The van der Waals surface area contributed by atoms with E-state index in [0.29, 0.717) is 26.1 Å². The van der Waals surface area contributed by atoms with Crippen LogP contribution in [0.1, 0.15) is 12.0 Å². The van der Waals surface area contributed by atoms with Gasteiger partial charge < -0.3 is 20.2 Å². The molecule has 2 amide bonds. The molecule has 1 fully saturated rings. The standard InChI is InChI=1S/C21H27N3O2/c1-23(2)15-18-16-24(20(25)22-19-11-7-4-8-12-19)14-13-21(18,26)17-9-5-3-6-10-17/h3-12,18,26H,13-16H2,1-2H3,(H,22,25). The third kappa shape index (κ3) is 4.06. The smallest absolute Gasteiger partial charge is 0.321 e. The molecule has 26 heavy (non-hydrogen) atoms. The number of anilines is 1. The highest BCUT2D eigenvalue weighted by molar-refractivity contribution is 5.89. The van der Waals surface area contributed by atoms with Gasteiger partial charge in [-0.1, -0.05) is 48.5 Å². The van der Waals surface area contributed by atoms with Crippen LogP contribution in [0.2, 0.25) is 0 Å². The quantitative estimate of drug-likeness (QED) is 0.888. The lowest BCUT2D eigenvalue weighted by atomic mass is 9.75. The number of benzene rings is 2. The van der Waals surface area contributed by atoms with Gasteiger partial charge in [-0.2, -0.15) is 0 Å². The summed E-state index contributed by atoms with van der Waals surface area (Å²) in [5, 5.41) is 14.4. The number of para-hydroxylation sites is 1. The first-order valence-corrected chi connectivity index (χ1v) is 9.02. The molecule has 138 valence electrons. The first-order valence-electron chi connectivity index (χ1n) is 9.02. The summed E-state index contributed by atoms with van der Waals surface area (Å²) >= 11 is 0. The fourth-order valence-electron chi connectivity index (χ4n) is 3.68. The van der Waals surface area contributed by atoms with E-state index in [9.17, 15) is 9.90 Å². The molecule has 1 saturated heterocycles. The number of nitrogens with one attached hydrogen (secondary N) is 1. The molecule has 3 rings (SSSR count). The number of hydrogen-bond donors (Lipinski definition) is 2. The summed E-state index contributed by atoms with van der Waals surface area (Å²) in [4.78, 5) is 16.5. The van der Waals surface area contributed by atoms with Gasteiger partial charge in [0.05, 0.1) is 5.60 Å². The Labute approximate surface area is 155 Å². The van der Waals surface area contributed by atoms with Crippen molar-refractivity contribution in [2.75, 3.05) is 39.0 Å². The fourth-order valence-corrected chi connectivity index (χ4v) is 3.68. The monoisotopic (exact) mass is 353 g/mol. The predicted octanol–water partition coefficient (Wildman–Crippen LogP) is 2.99. The Balaban J connectivity index is 1.76. The number of aliphatic hydroxyl groups is 1. The molecule has 1 aliphatic rings. The Hall–Kier alpha value is -2.37. The number of carbonyl (C=O) groups is 1. The third-order valence-corrected chi connectivity index (χ3v) is 5.05. The number of carbonyl (C=O) groups excluding carboxylic acids is 1. The molecule has 0 radical (unpaired) electrons. The zero-order valence-electron chi connectivity index (χ0n) is 15.4. The molecule has 2 unspecified atom stereocenters. The van der Waals surface area contributed by atoms with Gasteiger partial charge >= 0.3 is 6.03 Å². The van der Waals surface area contributed by atoms with E-state index >= 15 is 0 Å². The highest BCUT2D eigenvalue weighted by Crippen LogP contribution is 2.37. The molecular formula is C21H27N3O2. The lowest BCUT2D eigenvalue weighted by Crippen LogP contribution is -2.55. The van der Waals surface area contributed by atoms with Gasteiger partial charge in [0.15, 0.2) is 0 Å². The summed E-state index contributed by atoms with van der Waals surface area (Å²) < 4.78 is 0. The number of likely N-dealkylation sites (tertiary alicyclic amines) is 1. The maximum Gasteiger partial charge on any atom is 0.321 e. The predicted molar refractivity (Wildman–Crippen MR) is 104 cm³/mol. The van der Waals surface area contributed by atoms with E-state index in [0.717, 1.165) is 11.3 Å². The fraction of sp³-hybridized carbons (Fsp3) is 0.381. The van der Waals surface area contributed by atoms with Gasteiger partial charge in [0.25, 0.3) is 0 Å². The van der Waals surface area contributed by atoms with Gasteiger partial charge in [0.1, 0.15) is 0 Å². The van der Waals surface area contributed by atoms with E-state index in [2.05, 4.69) is 10.2 Å². The highest BCUT2D eigenvalue weighted by atomic mass is 16.3. The SMILES string of the molecule is CN(C)CC1CN(C(=O)Nc2ccccc2)CCC1(O)c1ccccc1. The second-order valence-electron chi connectivity index (χ2n) is 7.24. The van der Waals surface area contributed by atoms with Crippen molar-refractivity contribution in [3.63, 3.8) is 0 Å². The van der Waals surface area contributed by atoms with Crippen molar-refractivity contribution in [3.05, 3.63) is 66.2 Å². The lowest BCUT2D eigenvalue weighted by Gasteiger charge is -2.45. The molecule has 0 aromatic heterocycles. The van der Waals surface area contributed by atoms with Gasteiger partial charge in [-0.3, -0.25) is 0 Å². The van der Waals surface area contributed by atoms with E-state index < -0.39 is 5.60 Å². The highest BCUT2D eigenvalue weighted by Gasteiger charge is 2.44. The van der Waals surface area contributed by atoms with Crippen LogP contribution < -0.4 is 5.32 Å². The van der Waals surface area contributed by atoms with Crippen LogP contribution in [-0.2, 0) is 5.60 Å². The summed E-state index contributed by atoms with van der Waals surface area (Å²) in [7, 11) is 3.99. The number of piperidine rings is 1. The summed E-state index contributed by atoms with van der Waals surface area (Å²) in [6.45, 7) is 1.75. The molecule has 5 nitrogen and oxygen atoms in total. The Morgan fingerprint density at radius 2 is 1.77 bits per heavy atom. The maximum atomic E-state index is 12.7. The molecule has 0 saturated carbocycles. The number of amides is 2. The minimum Gasteiger partial charge on any atom is -0.385 e. The Morgan fingerprint density at radius 3 is 2.38 bits per heavy atom. The number of hydrogen-bond acceptors (Lipinski definition) is 3. The average molecular weight is 353 g/mol. The topological polar surface area (TPSA) is 55.8 Å². The van der Waals surface area contributed by atoms with Crippen molar-refractivity contribution in [3.8, 4) is 0 Å². The van der Waals surface area contributed by atoms with Crippen LogP contribution in [0.15, 0.2) is 60.7 Å². The Morgan fingerprint density at radius 1 is 1.15 bits per heavy atom. The van der Waals surface area contributed by atoms with Gasteiger partial charge in [-0.05, 0) is 38.2 Å². The van der Waals surface area contributed by atoms with Crippen molar-refractivity contribution in [1.82, 2.24) is 9.80 Å². The summed E-state index contributed by atoms with van der Waals surface area (Å²) in [6.07, 6.45) is 0.526. The van der Waals surface area contributed by atoms with E-state index in [-0.39, 0.29) is 11.9 Å². The maximum absolute atomic E-state index is 12.7. The van der Waals surface area contributed by atoms with Crippen LogP contribution in [0.25, 0.3) is 0 Å². The largest absolute Gasteiger partial charge is 0.385 e. The lowest BCUT2D eigenvalue weighted by molar-refractivity contribution is -0.0749. The van der Waals surface area contributed by atoms with Crippen LogP contribution in [0.5, 0.6) is 0 Å². The molecule has 0 bridgehead atoms. The van der Waals surface area contributed by atoms with Gasteiger partial charge in [0.2, 0.25) is 0 Å². The van der Waals surface area contributed by atoms with Crippen LogP contribution in [0, 0.1) is 5.92 Å². The van der Waals surface area contributed by atoms with E-state index in [1.807, 2.05) is 74.8 Å². The Bertz CT molecular complexity index is 721. The first kappa shape index (κ1) is 18.4. The zero-order chi connectivity index (χ0) is 18.6. The van der Waals surface area contributed by atoms with E-state index in [1.165, 1.54) is 0 Å². The number of nitrogens with zero attached hydrogens (tertiary/aromatic N) is 2. The molecule has 2 aromatic rings. The van der Waals surface area contributed by atoms with Crippen LogP contribution >= 0.6 is 0 Å². The molecule has 1 heterocycles. The second-order valence-corrected chi connectivity index (χ2v) is 7.24. The van der Waals surface area contributed by atoms with Gasteiger partial charge in [-0.15, -0.1) is 0 Å². The van der Waals surface area contributed by atoms with Crippen molar-refractivity contribution in [1.29, 1.82) is 0 Å². The molecule has 2 N–H and O–H groups in total. The van der Waals surface area contributed by atoms with Crippen molar-refractivity contribution in [2.24, 2.45) is 5.92 Å². The first-order chi connectivity index (χ1) is 12.5. The molecule has 0 spiro atoms. The summed E-state index contributed by atoms with van der Waals surface area (Å²) in [5.74, 6) is -0.0600. The molecule has 0 aliphatic carbocycles. The van der Waals surface area contributed by atoms with Gasteiger partial charge in [-0.25, -0.2) is 4.79 Å². The van der Waals surface area contributed by atoms with Crippen LogP contribution in [0.4, 0.5) is 10.5 Å². The summed E-state index contributed by atoms with van der Waals surface area (Å²) in [6, 6.07) is 19.2. The number of urea groups is 1. The minimum absolute atomic E-state index is 0.0600. The van der Waals surface area contributed by atoms with E-state index in [4.69, 9.17) is 0 Å². The van der Waals surface area contributed by atoms with Crippen LogP contribution in [0.3, 0.4) is 0 Å². The molecule has 2 aromatic carbocycles.